The van der Waals surface area contributed by atoms with E-state index in [1.54, 1.807) is 4.90 Å². The Hall–Kier alpha value is -2.63. The molecule has 0 fully saturated rings. The van der Waals surface area contributed by atoms with Crippen LogP contribution in [0.2, 0.25) is 0 Å². The molecule has 146 valence electrons. The molecule has 6 nitrogen and oxygen atoms in total. The summed E-state index contributed by atoms with van der Waals surface area (Å²) < 4.78 is 5.46. The molecular formula is C21H29N3O3. The number of rotatable bonds is 9. The molecule has 27 heavy (non-hydrogen) atoms. The second-order valence-electron chi connectivity index (χ2n) is 6.85. The number of amides is 2. The van der Waals surface area contributed by atoms with Gasteiger partial charge in [-0.3, -0.25) is 9.59 Å². The molecule has 2 rings (SSSR count). The van der Waals surface area contributed by atoms with Crippen molar-refractivity contribution in [2.75, 3.05) is 0 Å². The van der Waals surface area contributed by atoms with E-state index in [0.717, 1.165) is 18.4 Å². The lowest BCUT2D eigenvalue weighted by atomic mass is 10.1. The first-order valence-corrected chi connectivity index (χ1v) is 9.53. The fourth-order valence-corrected chi connectivity index (χ4v) is 2.62. The first-order chi connectivity index (χ1) is 12.9. The summed E-state index contributed by atoms with van der Waals surface area (Å²) in [6.07, 6.45) is 3.34. The highest BCUT2D eigenvalue weighted by molar-refractivity contribution is 5.92. The van der Waals surface area contributed by atoms with Crippen molar-refractivity contribution in [3.63, 3.8) is 0 Å². The normalized spacial score (nSPS) is 13.0. The van der Waals surface area contributed by atoms with Crippen molar-refractivity contribution in [2.45, 2.75) is 65.6 Å². The number of benzene rings is 1. The van der Waals surface area contributed by atoms with E-state index < -0.39 is 0 Å². The Morgan fingerprint density at radius 1 is 1.15 bits per heavy atom. The second-order valence-corrected chi connectivity index (χ2v) is 6.85. The zero-order valence-electron chi connectivity index (χ0n) is 16.6. The van der Waals surface area contributed by atoms with Crippen molar-refractivity contribution in [1.29, 1.82) is 0 Å². The van der Waals surface area contributed by atoms with Crippen LogP contribution < -0.4 is 5.32 Å². The lowest BCUT2D eigenvalue weighted by molar-refractivity contribution is -0.133. The summed E-state index contributed by atoms with van der Waals surface area (Å²) in [6.45, 7) is 8.22. The quantitative estimate of drug-likeness (QED) is 0.731. The number of aromatic nitrogens is 1. The molecule has 1 aromatic carbocycles. The van der Waals surface area contributed by atoms with Crippen LogP contribution in [-0.4, -0.2) is 33.8 Å². The molecule has 1 N–H and O–H groups in total. The minimum absolute atomic E-state index is 0.0133. The topological polar surface area (TPSA) is 75.4 Å². The van der Waals surface area contributed by atoms with Gasteiger partial charge in [-0.05, 0) is 32.3 Å². The third kappa shape index (κ3) is 5.94. The maximum Gasteiger partial charge on any atom is 0.273 e. The standard InChI is InChI=1S/C21H29N3O3/c1-5-15(3)22-21(26)18-14-27-19(23-18)13-24(16(4)6-2)20(25)12-17-10-8-7-9-11-17/h7-11,14-16H,5-6,12-13H2,1-4H3,(H,22,26). The first kappa shape index (κ1) is 20.7. The number of nitrogens with one attached hydrogen (secondary N) is 1. The highest BCUT2D eigenvalue weighted by Crippen LogP contribution is 2.14. The molecule has 2 aromatic rings. The van der Waals surface area contributed by atoms with Crippen LogP contribution in [0.15, 0.2) is 41.0 Å². The number of nitrogens with zero attached hydrogens (tertiary/aromatic N) is 2. The Morgan fingerprint density at radius 3 is 2.48 bits per heavy atom. The molecule has 2 atom stereocenters. The van der Waals surface area contributed by atoms with E-state index in [4.69, 9.17) is 4.42 Å². The lowest BCUT2D eigenvalue weighted by Crippen LogP contribution is -2.39. The summed E-state index contributed by atoms with van der Waals surface area (Å²) in [5.41, 5.74) is 1.21. The molecule has 0 aliphatic carbocycles. The minimum Gasteiger partial charge on any atom is -0.446 e. The maximum absolute atomic E-state index is 12.8. The zero-order chi connectivity index (χ0) is 19.8. The average Bonchev–Trinajstić information content (AvgIpc) is 3.15. The van der Waals surface area contributed by atoms with Gasteiger partial charge >= 0.3 is 0 Å². The van der Waals surface area contributed by atoms with Crippen LogP contribution in [0.3, 0.4) is 0 Å². The van der Waals surface area contributed by atoms with Gasteiger partial charge < -0.3 is 14.6 Å². The van der Waals surface area contributed by atoms with E-state index in [1.807, 2.05) is 58.0 Å². The van der Waals surface area contributed by atoms with Gasteiger partial charge in [-0.2, -0.15) is 0 Å². The molecule has 2 unspecified atom stereocenters. The monoisotopic (exact) mass is 371 g/mol. The number of carbonyl (C=O) groups excluding carboxylic acids is 2. The molecule has 1 aromatic heterocycles. The average molecular weight is 371 g/mol. The molecule has 1 heterocycles. The van der Waals surface area contributed by atoms with Crippen molar-refractivity contribution in [3.05, 3.63) is 53.7 Å². The Bertz CT molecular complexity index is 742. The highest BCUT2D eigenvalue weighted by Gasteiger charge is 2.22. The van der Waals surface area contributed by atoms with Crippen LogP contribution in [0.5, 0.6) is 0 Å². The SMILES string of the molecule is CCC(C)NC(=O)c1coc(CN(C(=O)Cc2ccccc2)C(C)CC)n1. The molecule has 0 aliphatic heterocycles. The van der Waals surface area contributed by atoms with Crippen molar-refractivity contribution < 1.29 is 14.0 Å². The Morgan fingerprint density at radius 2 is 1.85 bits per heavy atom. The van der Waals surface area contributed by atoms with E-state index in [0.29, 0.717) is 12.3 Å². The third-order valence-corrected chi connectivity index (χ3v) is 4.72. The van der Waals surface area contributed by atoms with Crippen molar-refractivity contribution in [2.24, 2.45) is 0 Å². The molecule has 2 amide bonds. The fourth-order valence-electron chi connectivity index (χ4n) is 2.62. The Labute approximate surface area is 161 Å². The maximum atomic E-state index is 12.8. The van der Waals surface area contributed by atoms with E-state index in [9.17, 15) is 9.59 Å². The molecule has 6 heteroatoms. The summed E-state index contributed by atoms with van der Waals surface area (Å²) in [7, 11) is 0. The molecule has 0 radical (unpaired) electrons. The van der Waals surface area contributed by atoms with Crippen molar-refractivity contribution in [3.8, 4) is 0 Å². The highest BCUT2D eigenvalue weighted by atomic mass is 16.3. The van der Waals surface area contributed by atoms with Crippen molar-refractivity contribution in [1.82, 2.24) is 15.2 Å². The van der Waals surface area contributed by atoms with Crippen molar-refractivity contribution >= 4 is 11.8 Å². The summed E-state index contributed by atoms with van der Waals surface area (Å²) in [5.74, 6) is 0.121. The second kappa shape index (κ2) is 9.90. The number of oxazole rings is 1. The molecular weight excluding hydrogens is 342 g/mol. The van der Waals surface area contributed by atoms with E-state index in [1.165, 1.54) is 6.26 Å². The van der Waals surface area contributed by atoms with E-state index in [-0.39, 0.29) is 36.1 Å². The van der Waals surface area contributed by atoms with Gasteiger partial charge in [-0.15, -0.1) is 0 Å². The van der Waals surface area contributed by atoms with Gasteiger partial charge in [0, 0.05) is 12.1 Å². The predicted molar refractivity (Wildman–Crippen MR) is 104 cm³/mol. The van der Waals surface area contributed by atoms with Gasteiger partial charge in [0.1, 0.15) is 6.26 Å². The minimum atomic E-state index is -0.259. The smallest absolute Gasteiger partial charge is 0.273 e. The van der Waals surface area contributed by atoms with Gasteiger partial charge in [-0.25, -0.2) is 4.98 Å². The molecule has 0 bridgehead atoms. The van der Waals surface area contributed by atoms with Gasteiger partial charge in [0.05, 0.1) is 13.0 Å². The van der Waals surface area contributed by atoms with Gasteiger partial charge in [0.25, 0.3) is 5.91 Å². The van der Waals surface area contributed by atoms with Gasteiger partial charge in [-0.1, -0.05) is 44.2 Å². The largest absolute Gasteiger partial charge is 0.446 e. The van der Waals surface area contributed by atoms with Crippen LogP contribution in [0.1, 0.15) is 62.5 Å². The Balaban J connectivity index is 2.08. The van der Waals surface area contributed by atoms with Gasteiger partial charge in [0.15, 0.2) is 5.69 Å². The van der Waals surface area contributed by atoms with Crippen LogP contribution in [0.4, 0.5) is 0 Å². The number of carbonyl (C=O) groups is 2. The first-order valence-electron chi connectivity index (χ1n) is 9.53. The lowest BCUT2D eigenvalue weighted by Gasteiger charge is -2.27. The predicted octanol–water partition coefficient (Wildman–Crippen LogP) is 3.57. The molecule has 0 saturated heterocycles. The summed E-state index contributed by atoms with van der Waals surface area (Å²) >= 11 is 0. The fraction of sp³-hybridized carbons (Fsp3) is 0.476. The zero-order valence-corrected chi connectivity index (χ0v) is 16.6. The third-order valence-electron chi connectivity index (χ3n) is 4.72. The number of hydrogen-bond acceptors (Lipinski definition) is 4. The van der Waals surface area contributed by atoms with Crippen LogP contribution in [-0.2, 0) is 17.8 Å². The van der Waals surface area contributed by atoms with Crippen LogP contribution in [0, 0.1) is 0 Å². The molecule has 0 spiro atoms. The Kier molecular flexibility index (Phi) is 7.58. The van der Waals surface area contributed by atoms with Crippen LogP contribution >= 0.6 is 0 Å². The molecule has 0 saturated carbocycles. The summed E-state index contributed by atoms with van der Waals surface area (Å²) in [6, 6.07) is 9.77. The molecule has 0 aliphatic rings. The van der Waals surface area contributed by atoms with Gasteiger partial charge in [0.2, 0.25) is 11.8 Å². The number of hydrogen-bond donors (Lipinski definition) is 1. The summed E-state index contributed by atoms with van der Waals surface area (Å²) in [5, 5.41) is 2.86. The van der Waals surface area contributed by atoms with E-state index >= 15 is 0 Å². The summed E-state index contributed by atoms with van der Waals surface area (Å²) in [4.78, 5) is 31.0. The van der Waals surface area contributed by atoms with E-state index in [2.05, 4.69) is 10.3 Å². The van der Waals surface area contributed by atoms with Crippen LogP contribution in [0.25, 0.3) is 0 Å².